The van der Waals surface area contributed by atoms with E-state index in [0.717, 1.165) is 40.8 Å². The topological polar surface area (TPSA) is 82.0 Å². The Balaban J connectivity index is 1.40. The summed E-state index contributed by atoms with van der Waals surface area (Å²) in [5.74, 6) is 0.318. The van der Waals surface area contributed by atoms with E-state index < -0.39 is 5.91 Å². The van der Waals surface area contributed by atoms with E-state index in [1.54, 1.807) is 4.68 Å². The van der Waals surface area contributed by atoms with Crippen LogP contribution in [0.3, 0.4) is 0 Å². The molecule has 3 heterocycles. The molecule has 1 aromatic carbocycles. The molecule has 1 aliphatic carbocycles. The standard InChI is InChI=1S/C23H30N6O/c1-27-15-18(13-25-27)17-6-9-21-20(12-17)22(23(24)30)26-29(21)19-7-4-16(5-8-19)14-28-10-2-3-11-28/h6,9,12-13,15-16,19H,2-5,7-8,10-11,14H2,1H3,(H2,24,30). The Morgan fingerprint density at radius 1 is 1.13 bits per heavy atom. The van der Waals surface area contributed by atoms with E-state index in [2.05, 4.69) is 26.8 Å². The smallest absolute Gasteiger partial charge is 0.269 e. The van der Waals surface area contributed by atoms with E-state index in [4.69, 9.17) is 10.8 Å². The lowest BCUT2D eigenvalue weighted by Gasteiger charge is -2.31. The molecule has 1 saturated heterocycles. The first-order chi connectivity index (χ1) is 14.6. The summed E-state index contributed by atoms with van der Waals surface area (Å²) >= 11 is 0. The molecule has 1 aliphatic heterocycles. The molecule has 7 heteroatoms. The van der Waals surface area contributed by atoms with Crippen molar-refractivity contribution in [3.05, 3.63) is 36.3 Å². The Bertz CT molecular complexity index is 1050. The normalized spacial score (nSPS) is 22.7. The predicted molar refractivity (Wildman–Crippen MR) is 117 cm³/mol. The third kappa shape index (κ3) is 3.62. The van der Waals surface area contributed by atoms with E-state index >= 15 is 0 Å². The van der Waals surface area contributed by atoms with Crippen molar-refractivity contribution in [2.75, 3.05) is 19.6 Å². The van der Waals surface area contributed by atoms with Gasteiger partial charge in [-0.1, -0.05) is 6.07 Å². The number of fused-ring (bicyclic) bond motifs is 1. The minimum absolute atomic E-state index is 0.333. The summed E-state index contributed by atoms with van der Waals surface area (Å²) in [4.78, 5) is 14.8. The molecule has 158 valence electrons. The zero-order valence-corrected chi connectivity index (χ0v) is 17.6. The SMILES string of the molecule is Cn1cc(-c2ccc3c(c2)c(C(N)=O)nn3C2CCC(CN3CCCC3)CC2)cn1. The van der Waals surface area contributed by atoms with Gasteiger partial charge in [0.15, 0.2) is 5.69 Å². The van der Waals surface area contributed by atoms with Crippen molar-refractivity contribution in [1.82, 2.24) is 24.5 Å². The number of hydrogen-bond donors (Lipinski definition) is 1. The number of carbonyl (C=O) groups is 1. The minimum Gasteiger partial charge on any atom is -0.364 e. The number of aromatic nitrogens is 4. The van der Waals surface area contributed by atoms with Crippen molar-refractivity contribution in [2.45, 2.75) is 44.6 Å². The highest BCUT2D eigenvalue weighted by molar-refractivity contribution is 6.05. The van der Waals surface area contributed by atoms with Crippen LogP contribution < -0.4 is 5.73 Å². The number of amides is 1. The summed E-state index contributed by atoms with van der Waals surface area (Å²) in [5, 5.41) is 9.78. The summed E-state index contributed by atoms with van der Waals surface area (Å²) in [6.45, 7) is 3.78. The van der Waals surface area contributed by atoms with Crippen LogP contribution in [0.4, 0.5) is 0 Å². The highest BCUT2D eigenvalue weighted by Crippen LogP contribution is 2.36. The molecule has 2 fully saturated rings. The molecule has 7 nitrogen and oxygen atoms in total. The van der Waals surface area contributed by atoms with Gasteiger partial charge in [0.25, 0.3) is 5.91 Å². The second-order valence-electron chi connectivity index (χ2n) is 8.97. The van der Waals surface area contributed by atoms with Crippen LogP contribution in [-0.4, -0.2) is 50.0 Å². The number of nitrogens with two attached hydrogens (primary N) is 1. The number of carbonyl (C=O) groups excluding carboxylic acids is 1. The summed E-state index contributed by atoms with van der Waals surface area (Å²) in [7, 11) is 1.90. The van der Waals surface area contributed by atoms with E-state index in [0.29, 0.717) is 11.7 Å². The maximum atomic E-state index is 12.1. The monoisotopic (exact) mass is 406 g/mol. The molecule has 1 amide bonds. The Labute approximate surface area is 176 Å². The van der Waals surface area contributed by atoms with E-state index in [1.807, 2.05) is 25.5 Å². The lowest BCUT2D eigenvalue weighted by atomic mass is 9.85. The molecular formula is C23H30N6O. The second-order valence-corrected chi connectivity index (χ2v) is 8.97. The van der Waals surface area contributed by atoms with Crippen molar-refractivity contribution >= 4 is 16.8 Å². The van der Waals surface area contributed by atoms with E-state index in [9.17, 15) is 4.79 Å². The highest BCUT2D eigenvalue weighted by atomic mass is 16.1. The van der Waals surface area contributed by atoms with Gasteiger partial charge in [-0.15, -0.1) is 0 Å². The van der Waals surface area contributed by atoms with Gasteiger partial charge in [0.2, 0.25) is 0 Å². The highest BCUT2D eigenvalue weighted by Gasteiger charge is 2.27. The number of benzene rings is 1. The Kier molecular flexibility index (Phi) is 5.06. The van der Waals surface area contributed by atoms with Crippen molar-refractivity contribution in [1.29, 1.82) is 0 Å². The largest absolute Gasteiger partial charge is 0.364 e. The number of rotatable bonds is 5. The van der Waals surface area contributed by atoms with Gasteiger partial charge >= 0.3 is 0 Å². The molecule has 0 radical (unpaired) electrons. The first-order valence-corrected chi connectivity index (χ1v) is 11.1. The number of hydrogen-bond acceptors (Lipinski definition) is 4. The molecule has 0 unspecified atom stereocenters. The van der Waals surface area contributed by atoms with E-state index in [1.165, 1.54) is 45.3 Å². The van der Waals surface area contributed by atoms with Gasteiger partial charge in [-0.25, -0.2) is 0 Å². The molecular weight excluding hydrogens is 376 g/mol. The van der Waals surface area contributed by atoms with Crippen LogP contribution in [0.15, 0.2) is 30.6 Å². The van der Waals surface area contributed by atoms with Crippen LogP contribution in [0, 0.1) is 5.92 Å². The minimum atomic E-state index is -0.468. The van der Waals surface area contributed by atoms with Crippen molar-refractivity contribution < 1.29 is 4.79 Å². The molecule has 30 heavy (non-hydrogen) atoms. The Morgan fingerprint density at radius 3 is 2.57 bits per heavy atom. The average molecular weight is 407 g/mol. The summed E-state index contributed by atoms with van der Waals surface area (Å²) in [5.41, 5.74) is 9.10. The average Bonchev–Trinajstić information content (AvgIpc) is 3.48. The molecule has 0 atom stereocenters. The first kappa shape index (κ1) is 19.3. The summed E-state index contributed by atoms with van der Waals surface area (Å²) < 4.78 is 3.84. The zero-order chi connectivity index (χ0) is 20.7. The summed E-state index contributed by atoms with van der Waals surface area (Å²) in [6, 6.07) is 6.52. The van der Waals surface area contributed by atoms with Crippen molar-refractivity contribution in [3.63, 3.8) is 0 Å². The zero-order valence-electron chi connectivity index (χ0n) is 17.6. The van der Waals surface area contributed by atoms with E-state index in [-0.39, 0.29) is 0 Å². The molecule has 0 spiro atoms. The van der Waals surface area contributed by atoms with Crippen molar-refractivity contribution in [3.8, 4) is 11.1 Å². The van der Waals surface area contributed by atoms with Crippen molar-refractivity contribution in [2.24, 2.45) is 18.7 Å². The predicted octanol–water partition coefficient (Wildman–Crippen LogP) is 3.36. The van der Waals surface area contributed by atoms with Gasteiger partial charge < -0.3 is 10.6 Å². The quantitative estimate of drug-likeness (QED) is 0.704. The Morgan fingerprint density at radius 2 is 1.90 bits per heavy atom. The maximum absolute atomic E-state index is 12.1. The molecule has 3 aromatic rings. The maximum Gasteiger partial charge on any atom is 0.269 e. The second kappa shape index (κ2) is 7.87. The van der Waals surface area contributed by atoms with Crippen LogP contribution >= 0.6 is 0 Å². The molecule has 2 aliphatic rings. The Hall–Kier alpha value is -2.67. The van der Waals surface area contributed by atoms with Crippen LogP contribution in [0.5, 0.6) is 0 Å². The molecule has 1 saturated carbocycles. The lowest BCUT2D eigenvalue weighted by molar-refractivity contribution is 0.0995. The fraction of sp³-hybridized carbons (Fsp3) is 0.522. The summed E-state index contributed by atoms with van der Waals surface area (Å²) in [6.07, 6.45) is 11.2. The fourth-order valence-corrected chi connectivity index (χ4v) is 5.25. The molecule has 0 bridgehead atoms. The third-order valence-electron chi connectivity index (χ3n) is 6.86. The third-order valence-corrected chi connectivity index (χ3v) is 6.86. The van der Waals surface area contributed by atoms with Crippen LogP contribution in [-0.2, 0) is 7.05 Å². The number of aryl methyl sites for hydroxylation is 1. The number of primary amides is 1. The van der Waals surface area contributed by atoms with Gasteiger partial charge in [0.05, 0.1) is 17.8 Å². The first-order valence-electron chi connectivity index (χ1n) is 11.1. The van der Waals surface area contributed by atoms with Crippen LogP contribution in [0.2, 0.25) is 0 Å². The van der Waals surface area contributed by atoms with Crippen LogP contribution in [0.25, 0.3) is 22.0 Å². The van der Waals surface area contributed by atoms with Gasteiger partial charge in [0.1, 0.15) is 0 Å². The van der Waals surface area contributed by atoms with Gasteiger partial charge in [-0.3, -0.25) is 14.2 Å². The van der Waals surface area contributed by atoms with Gasteiger partial charge in [0, 0.05) is 30.7 Å². The lowest BCUT2D eigenvalue weighted by Crippen LogP contribution is -2.30. The molecule has 2 aromatic heterocycles. The van der Waals surface area contributed by atoms with Gasteiger partial charge in [-0.2, -0.15) is 10.2 Å². The van der Waals surface area contributed by atoms with Gasteiger partial charge in [-0.05, 0) is 75.2 Å². The van der Waals surface area contributed by atoms with Crippen LogP contribution in [0.1, 0.15) is 55.1 Å². The number of likely N-dealkylation sites (tertiary alicyclic amines) is 1. The fourth-order valence-electron chi connectivity index (χ4n) is 5.25. The molecule has 2 N–H and O–H groups in total. The number of nitrogens with zero attached hydrogens (tertiary/aromatic N) is 5. The molecule has 5 rings (SSSR count).